The van der Waals surface area contributed by atoms with E-state index in [9.17, 15) is 9.59 Å². The van der Waals surface area contributed by atoms with Gasteiger partial charge in [0.05, 0.1) is 0 Å². The van der Waals surface area contributed by atoms with Gasteiger partial charge in [-0.2, -0.15) is 26.7 Å². The average molecular weight is 514 g/mol. The van der Waals surface area contributed by atoms with Crippen molar-refractivity contribution < 1.29 is 75.0 Å². The van der Waals surface area contributed by atoms with Gasteiger partial charge in [-0.1, -0.05) is 13.8 Å². The zero-order chi connectivity index (χ0) is 19.0. The molecule has 2 heterocycles. The van der Waals surface area contributed by atoms with Crippen LogP contribution >= 0.6 is 0 Å². The van der Waals surface area contributed by atoms with E-state index in [4.69, 9.17) is 0 Å². The van der Waals surface area contributed by atoms with Crippen molar-refractivity contribution in [3.63, 3.8) is 0 Å². The van der Waals surface area contributed by atoms with Crippen LogP contribution in [0, 0.1) is 11.8 Å². The molecule has 0 bridgehead atoms. The van der Waals surface area contributed by atoms with Crippen molar-refractivity contribution in [1.29, 1.82) is 0 Å². The van der Waals surface area contributed by atoms with E-state index in [0.29, 0.717) is 12.1 Å². The van der Waals surface area contributed by atoms with Crippen molar-refractivity contribution in [3.05, 3.63) is 11.8 Å². The predicted molar refractivity (Wildman–Crippen MR) is 99.7 cm³/mol. The smallest absolute Gasteiger partial charge is 0.147 e. The fourth-order valence-corrected chi connectivity index (χ4v) is 3.89. The Kier molecular flexibility index (Phi) is 12.6. The normalized spacial score (nSPS) is 35.9. The van der Waals surface area contributed by atoms with E-state index in [2.05, 4.69) is 37.5 Å². The molecule has 4 atom stereocenters. The van der Waals surface area contributed by atoms with E-state index >= 15 is 0 Å². The third-order valence-electron chi connectivity index (χ3n) is 6.91. The molecule has 0 aromatic heterocycles. The summed E-state index contributed by atoms with van der Waals surface area (Å²) in [6.07, 6.45) is 1.83. The van der Waals surface area contributed by atoms with Gasteiger partial charge in [-0.15, -0.1) is 12.1 Å². The number of rotatable bonds is 2. The fraction of sp³-hybridized carbons (Fsp3) is 0.800. The van der Waals surface area contributed by atoms with Gasteiger partial charge < -0.3 is 9.80 Å². The molecule has 2 aliphatic rings. The Morgan fingerprint density at radius 2 is 1.04 bits per heavy atom. The third-order valence-corrected chi connectivity index (χ3v) is 6.91. The van der Waals surface area contributed by atoms with E-state index in [1.54, 1.807) is 13.8 Å². The van der Waals surface area contributed by atoms with Crippen LogP contribution in [0.5, 0.6) is 0 Å². The standard InChI is InChI=1S/2C10H18NO.2Y/c2*1-7-6-10(4,9(3)12)11(5)8(7)2;;/h2*8H,6H2,1-5H3;;/q2*-1;;/t2*8-,10-;;/m00../s1. The molecule has 2 radical (unpaired) electrons. The second-order valence-electron chi connectivity index (χ2n) is 8.28. The molecule has 146 valence electrons. The molecule has 0 amide bonds. The maximum atomic E-state index is 11.4. The van der Waals surface area contributed by atoms with Gasteiger partial charge >= 0.3 is 0 Å². The summed E-state index contributed by atoms with van der Waals surface area (Å²) in [5.41, 5.74) is -0.493. The van der Waals surface area contributed by atoms with Crippen LogP contribution in [-0.2, 0) is 75.0 Å². The Morgan fingerprint density at radius 3 is 1.12 bits per heavy atom. The fourth-order valence-electron chi connectivity index (χ4n) is 3.89. The maximum absolute atomic E-state index is 11.4. The number of carbonyl (C=O) groups is 2. The number of nitrogens with zero attached hydrogens (tertiary/aromatic N) is 2. The zero-order valence-corrected chi connectivity index (χ0v) is 24.1. The SMILES string of the molecule is CC(=O)[C@]1(C)C[C-](C)[C@H](C)N1C.CC(=O)[C@]1(C)C[C-](C)[C@H](C)N1C.[Y].[Y]. The minimum atomic E-state index is -0.247. The molecule has 26 heavy (non-hydrogen) atoms. The van der Waals surface area contributed by atoms with Gasteiger partial charge in [-0.25, -0.2) is 0 Å². The first-order valence-electron chi connectivity index (χ1n) is 8.91. The van der Waals surface area contributed by atoms with Gasteiger partial charge in [0.25, 0.3) is 0 Å². The molecule has 4 nitrogen and oxygen atoms in total. The summed E-state index contributed by atoms with van der Waals surface area (Å²) in [7, 11) is 4.06. The molecule has 2 fully saturated rings. The molecule has 0 N–H and O–H groups in total. The van der Waals surface area contributed by atoms with Gasteiger partial charge in [0.2, 0.25) is 0 Å². The Balaban J connectivity index is 0. The Morgan fingerprint density at radius 1 is 0.808 bits per heavy atom. The van der Waals surface area contributed by atoms with Crippen molar-refractivity contribution in [2.45, 2.75) is 91.4 Å². The number of carbonyl (C=O) groups excluding carboxylic acids is 2. The minimum absolute atomic E-state index is 0. The molecule has 0 unspecified atom stereocenters. The summed E-state index contributed by atoms with van der Waals surface area (Å²) in [5, 5.41) is 0. The first-order chi connectivity index (χ1) is 10.8. The molecule has 0 aromatic carbocycles. The zero-order valence-electron chi connectivity index (χ0n) is 18.4. The average Bonchev–Trinajstić information content (AvgIpc) is 2.82. The second-order valence-corrected chi connectivity index (χ2v) is 8.28. The van der Waals surface area contributed by atoms with Crippen LogP contribution in [-0.4, -0.2) is 58.6 Å². The molecule has 2 saturated heterocycles. The molecule has 0 aromatic rings. The van der Waals surface area contributed by atoms with Crippen LogP contribution in [0.3, 0.4) is 0 Å². The van der Waals surface area contributed by atoms with Crippen LogP contribution in [0.1, 0.15) is 68.2 Å². The number of likely N-dealkylation sites (tertiary alicyclic amines) is 2. The molecule has 0 aliphatic carbocycles. The van der Waals surface area contributed by atoms with E-state index in [1.165, 1.54) is 11.8 Å². The van der Waals surface area contributed by atoms with Crippen molar-refractivity contribution >= 4 is 11.6 Å². The van der Waals surface area contributed by atoms with Crippen LogP contribution < -0.4 is 0 Å². The van der Waals surface area contributed by atoms with Gasteiger partial charge in [0, 0.05) is 76.5 Å². The molecule has 6 heteroatoms. The van der Waals surface area contributed by atoms with Gasteiger partial charge in [0.1, 0.15) is 11.6 Å². The topological polar surface area (TPSA) is 40.6 Å². The van der Waals surface area contributed by atoms with E-state index in [-0.39, 0.29) is 88.1 Å². The summed E-state index contributed by atoms with van der Waals surface area (Å²) >= 11 is 0. The van der Waals surface area contributed by atoms with Gasteiger partial charge in [-0.05, 0) is 41.8 Å². The van der Waals surface area contributed by atoms with Gasteiger partial charge in [0.15, 0.2) is 0 Å². The second kappa shape index (κ2) is 11.0. The predicted octanol–water partition coefficient (Wildman–Crippen LogP) is 3.30. The van der Waals surface area contributed by atoms with Gasteiger partial charge in [-0.3, -0.25) is 21.4 Å². The number of hydrogen-bond acceptors (Lipinski definition) is 4. The third kappa shape index (κ3) is 5.76. The van der Waals surface area contributed by atoms with Crippen molar-refractivity contribution in [2.75, 3.05) is 14.1 Å². The molecule has 2 rings (SSSR count). The van der Waals surface area contributed by atoms with Crippen LogP contribution in [0.4, 0.5) is 0 Å². The summed E-state index contributed by atoms with van der Waals surface area (Å²) in [4.78, 5) is 27.2. The van der Waals surface area contributed by atoms with E-state index in [0.717, 1.165) is 12.8 Å². The Hall–Kier alpha value is 1.47. The summed E-state index contributed by atoms with van der Waals surface area (Å²) in [6.45, 7) is 16.0. The monoisotopic (exact) mass is 514 g/mol. The van der Waals surface area contributed by atoms with E-state index < -0.39 is 0 Å². The van der Waals surface area contributed by atoms with Crippen LogP contribution in [0.15, 0.2) is 0 Å². The summed E-state index contributed by atoms with van der Waals surface area (Å²) in [5.74, 6) is 3.37. The first-order valence-corrected chi connectivity index (χ1v) is 8.91. The molecule has 0 spiro atoms. The Bertz CT molecular complexity index is 458. The number of ketones is 2. The number of hydrogen-bond donors (Lipinski definition) is 0. The van der Waals surface area contributed by atoms with Crippen LogP contribution in [0.25, 0.3) is 0 Å². The van der Waals surface area contributed by atoms with E-state index in [1.807, 2.05) is 27.9 Å². The largest absolute Gasteiger partial charge is 0.323 e. The quantitative estimate of drug-likeness (QED) is 0.531. The van der Waals surface area contributed by atoms with Crippen LogP contribution in [0.2, 0.25) is 0 Å². The molecular formula is C20H36N2O2Y2-2. The van der Waals surface area contributed by atoms with Crippen molar-refractivity contribution in [1.82, 2.24) is 9.80 Å². The number of likely N-dealkylation sites (N-methyl/N-ethyl adjacent to an activating group) is 2. The summed E-state index contributed by atoms with van der Waals surface area (Å²) in [6, 6.07) is 0.887. The molecular weight excluding hydrogens is 478 g/mol. The molecule has 2 aliphatic heterocycles. The summed E-state index contributed by atoms with van der Waals surface area (Å²) < 4.78 is 0. The number of Topliss-reactive ketones (excluding diaryl/α,β-unsaturated/α-hetero) is 2. The Labute approximate surface area is 211 Å². The van der Waals surface area contributed by atoms with Crippen molar-refractivity contribution in [3.8, 4) is 0 Å². The minimum Gasteiger partial charge on any atom is -0.323 e. The first kappa shape index (κ1) is 29.7. The maximum Gasteiger partial charge on any atom is 0.147 e. The molecule has 0 saturated carbocycles. The van der Waals surface area contributed by atoms with Crippen molar-refractivity contribution in [2.24, 2.45) is 0 Å².